The zero-order valence-electron chi connectivity index (χ0n) is 12.5. The molecule has 1 aromatic carbocycles. The molecule has 114 valence electrons. The first kappa shape index (κ1) is 15.1. The summed E-state index contributed by atoms with van der Waals surface area (Å²) in [5, 5.41) is 1.98. The molecule has 0 bridgehead atoms. The van der Waals surface area contributed by atoms with Gasteiger partial charge in [0.25, 0.3) is 0 Å². The van der Waals surface area contributed by atoms with Crippen molar-refractivity contribution >= 4 is 34.0 Å². The quantitative estimate of drug-likeness (QED) is 0.673. The van der Waals surface area contributed by atoms with Crippen LogP contribution in [0.15, 0.2) is 46.9 Å². The normalized spacial score (nSPS) is 11.0. The SMILES string of the molecule is CSc1ccc(CN(C)C(=O)Cc2cn3ccsc3n2)cc1. The summed E-state index contributed by atoms with van der Waals surface area (Å²) >= 11 is 3.29. The van der Waals surface area contributed by atoms with Crippen molar-refractivity contribution in [3.63, 3.8) is 0 Å². The van der Waals surface area contributed by atoms with E-state index < -0.39 is 0 Å². The number of likely N-dealkylation sites (N-methyl/N-ethyl adjacent to an activating group) is 1. The number of amides is 1. The van der Waals surface area contributed by atoms with Crippen LogP contribution in [-0.2, 0) is 17.8 Å². The van der Waals surface area contributed by atoms with Gasteiger partial charge in [-0.1, -0.05) is 12.1 Å². The number of rotatable bonds is 5. The van der Waals surface area contributed by atoms with Crippen LogP contribution in [0.3, 0.4) is 0 Å². The minimum Gasteiger partial charge on any atom is -0.341 e. The molecule has 0 aliphatic rings. The van der Waals surface area contributed by atoms with Gasteiger partial charge in [-0.05, 0) is 24.0 Å². The molecule has 3 aromatic rings. The maximum atomic E-state index is 12.3. The van der Waals surface area contributed by atoms with Crippen LogP contribution in [0.25, 0.3) is 4.96 Å². The monoisotopic (exact) mass is 331 g/mol. The van der Waals surface area contributed by atoms with E-state index in [4.69, 9.17) is 0 Å². The zero-order valence-corrected chi connectivity index (χ0v) is 14.2. The van der Waals surface area contributed by atoms with E-state index in [9.17, 15) is 4.79 Å². The van der Waals surface area contributed by atoms with Gasteiger partial charge in [-0.3, -0.25) is 9.20 Å². The highest BCUT2D eigenvalue weighted by Crippen LogP contribution is 2.16. The van der Waals surface area contributed by atoms with Crippen molar-refractivity contribution in [2.45, 2.75) is 17.9 Å². The number of fused-ring (bicyclic) bond motifs is 1. The van der Waals surface area contributed by atoms with E-state index in [1.807, 2.05) is 29.2 Å². The molecule has 4 nitrogen and oxygen atoms in total. The van der Waals surface area contributed by atoms with Crippen molar-refractivity contribution in [3.05, 3.63) is 53.3 Å². The Kier molecular flexibility index (Phi) is 4.49. The van der Waals surface area contributed by atoms with Crippen molar-refractivity contribution in [3.8, 4) is 0 Å². The summed E-state index contributed by atoms with van der Waals surface area (Å²) in [7, 11) is 1.84. The van der Waals surface area contributed by atoms with Crippen molar-refractivity contribution in [1.82, 2.24) is 14.3 Å². The van der Waals surface area contributed by atoms with E-state index in [-0.39, 0.29) is 5.91 Å². The largest absolute Gasteiger partial charge is 0.341 e. The third kappa shape index (κ3) is 3.34. The number of thioether (sulfide) groups is 1. The Balaban J connectivity index is 1.62. The van der Waals surface area contributed by atoms with Gasteiger partial charge in [-0.15, -0.1) is 23.1 Å². The topological polar surface area (TPSA) is 37.6 Å². The Labute approximate surface area is 137 Å². The zero-order chi connectivity index (χ0) is 15.5. The average molecular weight is 331 g/mol. The fraction of sp³-hybridized carbons (Fsp3) is 0.250. The number of aromatic nitrogens is 2. The Bertz CT molecular complexity index is 748. The van der Waals surface area contributed by atoms with Crippen molar-refractivity contribution in [1.29, 1.82) is 0 Å². The highest BCUT2D eigenvalue weighted by atomic mass is 32.2. The van der Waals surface area contributed by atoms with Crippen molar-refractivity contribution < 1.29 is 4.79 Å². The number of carbonyl (C=O) groups is 1. The van der Waals surface area contributed by atoms with E-state index in [1.54, 1.807) is 28.0 Å². The number of imidazole rings is 1. The number of hydrogen-bond acceptors (Lipinski definition) is 4. The lowest BCUT2D eigenvalue weighted by Crippen LogP contribution is -2.27. The van der Waals surface area contributed by atoms with Crippen LogP contribution in [0.1, 0.15) is 11.3 Å². The number of nitrogens with zero attached hydrogens (tertiary/aromatic N) is 3. The van der Waals surface area contributed by atoms with Crippen LogP contribution in [-0.4, -0.2) is 33.5 Å². The molecule has 2 aromatic heterocycles. The van der Waals surface area contributed by atoms with Gasteiger partial charge in [0.15, 0.2) is 4.96 Å². The minimum atomic E-state index is 0.0831. The second-order valence-corrected chi connectivity index (χ2v) is 6.85. The van der Waals surface area contributed by atoms with Crippen molar-refractivity contribution in [2.24, 2.45) is 0 Å². The van der Waals surface area contributed by atoms with Gasteiger partial charge in [0.1, 0.15) is 0 Å². The number of carbonyl (C=O) groups excluding carboxylic acids is 1. The Morgan fingerprint density at radius 1 is 1.36 bits per heavy atom. The second kappa shape index (κ2) is 6.54. The van der Waals surface area contributed by atoms with Crippen LogP contribution in [0.4, 0.5) is 0 Å². The maximum absolute atomic E-state index is 12.3. The molecule has 2 heterocycles. The summed E-state index contributed by atoms with van der Waals surface area (Å²) < 4.78 is 1.95. The Hall–Kier alpha value is -1.79. The summed E-state index contributed by atoms with van der Waals surface area (Å²) in [6.07, 6.45) is 6.27. The predicted molar refractivity (Wildman–Crippen MR) is 91.5 cm³/mol. The molecule has 0 fully saturated rings. The molecule has 0 atom stereocenters. The van der Waals surface area contributed by atoms with Gasteiger partial charge < -0.3 is 4.90 Å². The molecule has 1 amide bonds. The number of benzene rings is 1. The summed E-state index contributed by atoms with van der Waals surface area (Å²) in [5.41, 5.74) is 1.96. The summed E-state index contributed by atoms with van der Waals surface area (Å²) in [6.45, 7) is 0.621. The fourth-order valence-corrected chi connectivity index (χ4v) is 3.37. The lowest BCUT2D eigenvalue weighted by Gasteiger charge is -2.17. The second-order valence-electron chi connectivity index (χ2n) is 5.10. The van der Waals surface area contributed by atoms with Crippen molar-refractivity contribution in [2.75, 3.05) is 13.3 Å². The van der Waals surface area contributed by atoms with Gasteiger partial charge in [-0.2, -0.15) is 0 Å². The number of thiazole rings is 1. The van der Waals surface area contributed by atoms with Crippen LogP contribution in [0.5, 0.6) is 0 Å². The Morgan fingerprint density at radius 2 is 2.14 bits per heavy atom. The molecule has 3 rings (SSSR count). The van der Waals surface area contributed by atoms with E-state index in [2.05, 4.69) is 35.5 Å². The van der Waals surface area contributed by atoms with Gasteiger partial charge in [0.05, 0.1) is 12.1 Å². The Morgan fingerprint density at radius 3 is 2.82 bits per heavy atom. The van der Waals surface area contributed by atoms with Gasteiger partial charge in [0, 0.05) is 36.3 Å². The van der Waals surface area contributed by atoms with E-state index in [1.165, 1.54) is 4.90 Å². The summed E-state index contributed by atoms with van der Waals surface area (Å²) in [6, 6.07) is 8.31. The van der Waals surface area contributed by atoms with Gasteiger partial charge >= 0.3 is 0 Å². The van der Waals surface area contributed by atoms with Crippen LogP contribution in [0, 0.1) is 0 Å². The fourth-order valence-electron chi connectivity index (χ4n) is 2.24. The predicted octanol–water partition coefficient (Wildman–Crippen LogP) is 3.32. The summed E-state index contributed by atoms with van der Waals surface area (Å²) in [5.74, 6) is 0.0831. The highest BCUT2D eigenvalue weighted by molar-refractivity contribution is 7.98. The van der Waals surface area contributed by atoms with E-state index in [0.29, 0.717) is 13.0 Å². The van der Waals surface area contributed by atoms with Gasteiger partial charge in [-0.25, -0.2) is 4.98 Å². The van der Waals surface area contributed by atoms with Crippen LogP contribution in [0.2, 0.25) is 0 Å². The average Bonchev–Trinajstić information content (AvgIpc) is 3.09. The molecule has 0 aliphatic carbocycles. The third-order valence-corrected chi connectivity index (χ3v) is 4.99. The molecule has 0 spiro atoms. The molecule has 0 N–H and O–H groups in total. The standard InChI is InChI=1S/C16H17N3OS2/c1-18(10-12-3-5-14(21-2)6-4-12)15(20)9-13-11-19-7-8-22-16(19)17-13/h3-8,11H,9-10H2,1-2H3. The molecular weight excluding hydrogens is 314 g/mol. The van der Waals surface area contributed by atoms with E-state index in [0.717, 1.165) is 16.2 Å². The van der Waals surface area contributed by atoms with E-state index >= 15 is 0 Å². The smallest absolute Gasteiger partial charge is 0.228 e. The molecule has 0 saturated carbocycles. The highest BCUT2D eigenvalue weighted by Gasteiger charge is 2.13. The molecule has 22 heavy (non-hydrogen) atoms. The first-order valence-electron chi connectivity index (χ1n) is 6.93. The molecular formula is C16H17N3OS2. The molecule has 0 unspecified atom stereocenters. The third-order valence-electron chi connectivity index (χ3n) is 3.48. The first-order chi connectivity index (χ1) is 10.7. The lowest BCUT2D eigenvalue weighted by atomic mass is 10.2. The molecule has 0 saturated heterocycles. The number of hydrogen-bond donors (Lipinski definition) is 0. The van der Waals surface area contributed by atoms with Crippen LogP contribution < -0.4 is 0 Å². The van der Waals surface area contributed by atoms with Gasteiger partial charge in [0.2, 0.25) is 5.91 Å². The molecule has 6 heteroatoms. The minimum absolute atomic E-state index is 0.0831. The first-order valence-corrected chi connectivity index (χ1v) is 9.04. The molecule has 0 radical (unpaired) electrons. The lowest BCUT2D eigenvalue weighted by molar-refractivity contribution is -0.129. The molecule has 0 aliphatic heterocycles. The summed E-state index contributed by atoms with van der Waals surface area (Å²) in [4.78, 5) is 20.7. The maximum Gasteiger partial charge on any atom is 0.228 e. The van der Waals surface area contributed by atoms with Crippen LogP contribution >= 0.6 is 23.1 Å².